The number of rotatable bonds is 4. The molecule has 0 unspecified atom stereocenters. The van der Waals surface area contributed by atoms with Gasteiger partial charge >= 0.3 is 0 Å². The van der Waals surface area contributed by atoms with Gasteiger partial charge < -0.3 is 10.6 Å². The summed E-state index contributed by atoms with van der Waals surface area (Å²) in [6, 6.07) is 7.38. The first-order valence-electron chi connectivity index (χ1n) is 6.64. The first-order valence-corrected chi connectivity index (χ1v) is 6.64. The van der Waals surface area contributed by atoms with E-state index in [-0.39, 0.29) is 24.9 Å². The van der Waals surface area contributed by atoms with Crippen molar-refractivity contribution in [2.75, 3.05) is 29.9 Å². The Bertz CT molecular complexity index is 511. The maximum Gasteiger partial charge on any atom is 0.244 e. The second-order valence-electron chi connectivity index (χ2n) is 5.12. The summed E-state index contributed by atoms with van der Waals surface area (Å²) in [6.07, 6.45) is 2.52. The first-order chi connectivity index (χ1) is 9.24. The number of anilines is 2. The van der Waals surface area contributed by atoms with Gasteiger partial charge in [0.15, 0.2) is 0 Å². The van der Waals surface area contributed by atoms with Crippen molar-refractivity contribution in [3.05, 3.63) is 24.3 Å². The topological polar surface area (TPSA) is 61.4 Å². The summed E-state index contributed by atoms with van der Waals surface area (Å²) < 4.78 is 0. The van der Waals surface area contributed by atoms with Gasteiger partial charge in [-0.15, -0.1) is 0 Å². The third-order valence-electron chi connectivity index (χ3n) is 3.48. The average Bonchev–Trinajstić information content (AvgIpc) is 3.21. The highest BCUT2D eigenvalue weighted by Gasteiger charge is 2.27. The minimum absolute atomic E-state index is 0.0528. The largest absolute Gasteiger partial charge is 0.323 e. The van der Waals surface area contributed by atoms with E-state index in [1.807, 2.05) is 24.3 Å². The Morgan fingerprint density at radius 2 is 2.16 bits per heavy atom. The molecule has 0 atom stereocenters. The molecule has 0 saturated heterocycles. The first kappa shape index (κ1) is 12.2. The molecular formula is C14H17N3O2. The zero-order valence-corrected chi connectivity index (χ0v) is 10.7. The normalized spacial score (nSPS) is 17.9. The monoisotopic (exact) mass is 259 g/mol. The standard InChI is InChI=1S/C14H17N3O2/c18-13-9-17(12-4-2-1-3-11(12)16-13)14(19)8-15-7-10-5-6-10/h1-4,10,15H,5-9H2,(H,16,18). The molecule has 5 heteroatoms. The number of nitrogens with zero attached hydrogens (tertiary/aromatic N) is 1. The van der Waals surface area contributed by atoms with E-state index >= 15 is 0 Å². The number of benzene rings is 1. The summed E-state index contributed by atoms with van der Waals surface area (Å²) in [5.41, 5.74) is 1.48. The van der Waals surface area contributed by atoms with Crippen LogP contribution in [0.3, 0.4) is 0 Å². The number of carbonyl (C=O) groups excluding carboxylic acids is 2. The van der Waals surface area contributed by atoms with Crippen molar-refractivity contribution >= 4 is 23.2 Å². The van der Waals surface area contributed by atoms with E-state index in [1.165, 1.54) is 12.8 Å². The van der Waals surface area contributed by atoms with Crippen LogP contribution in [0.15, 0.2) is 24.3 Å². The van der Waals surface area contributed by atoms with Crippen molar-refractivity contribution in [3.8, 4) is 0 Å². The maximum absolute atomic E-state index is 12.2. The Balaban J connectivity index is 1.68. The molecule has 100 valence electrons. The van der Waals surface area contributed by atoms with Crippen LogP contribution in [0.25, 0.3) is 0 Å². The number of amides is 2. The molecule has 1 aliphatic carbocycles. The van der Waals surface area contributed by atoms with Crippen LogP contribution in [0.5, 0.6) is 0 Å². The Labute approximate surface area is 112 Å². The van der Waals surface area contributed by atoms with Crippen molar-refractivity contribution in [2.45, 2.75) is 12.8 Å². The fourth-order valence-electron chi connectivity index (χ4n) is 2.26. The third kappa shape index (κ3) is 2.76. The highest BCUT2D eigenvalue weighted by molar-refractivity contribution is 6.10. The van der Waals surface area contributed by atoms with Crippen LogP contribution in [-0.4, -0.2) is 31.4 Å². The van der Waals surface area contributed by atoms with Crippen LogP contribution in [0, 0.1) is 5.92 Å². The van der Waals surface area contributed by atoms with Gasteiger partial charge in [-0.1, -0.05) is 12.1 Å². The smallest absolute Gasteiger partial charge is 0.244 e. The Hall–Kier alpha value is -1.88. The average molecular weight is 259 g/mol. The van der Waals surface area contributed by atoms with Crippen LogP contribution in [-0.2, 0) is 9.59 Å². The summed E-state index contributed by atoms with van der Waals surface area (Å²) >= 11 is 0. The lowest BCUT2D eigenvalue weighted by Gasteiger charge is -2.29. The van der Waals surface area contributed by atoms with E-state index in [0.717, 1.165) is 18.2 Å². The fourth-order valence-corrected chi connectivity index (χ4v) is 2.26. The van der Waals surface area contributed by atoms with Crippen molar-refractivity contribution in [3.63, 3.8) is 0 Å². The summed E-state index contributed by atoms with van der Waals surface area (Å²) in [7, 11) is 0. The molecule has 2 N–H and O–H groups in total. The van der Waals surface area contributed by atoms with Crippen molar-refractivity contribution in [2.24, 2.45) is 5.92 Å². The Morgan fingerprint density at radius 3 is 2.95 bits per heavy atom. The summed E-state index contributed by atoms with van der Waals surface area (Å²) in [6.45, 7) is 1.28. The predicted molar refractivity (Wildman–Crippen MR) is 73.0 cm³/mol. The molecule has 1 aliphatic heterocycles. The van der Waals surface area contributed by atoms with E-state index in [9.17, 15) is 9.59 Å². The molecule has 0 spiro atoms. The van der Waals surface area contributed by atoms with Gasteiger partial charge in [0.05, 0.1) is 17.9 Å². The highest BCUT2D eigenvalue weighted by atomic mass is 16.2. The molecule has 1 saturated carbocycles. The number of para-hydroxylation sites is 2. The number of hydrogen-bond donors (Lipinski definition) is 2. The van der Waals surface area contributed by atoms with Crippen LogP contribution < -0.4 is 15.5 Å². The molecule has 1 aromatic rings. The van der Waals surface area contributed by atoms with Gasteiger partial charge in [-0.05, 0) is 37.4 Å². The van der Waals surface area contributed by atoms with Crippen LogP contribution in [0.1, 0.15) is 12.8 Å². The second-order valence-corrected chi connectivity index (χ2v) is 5.12. The molecule has 2 amide bonds. The highest BCUT2D eigenvalue weighted by Crippen LogP contribution is 2.29. The number of carbonyl (C=O) groups is 2. The molecule has 1 heterocycles. The SMILES string of the molecule is O=C1CN(C(=O)CNCC2CC2)c2ccccc2N1. The van der Waals surface area contributed by atoms with E-state index in [1.54, 1.807) is 4.90 Å². The number of fused-ring (bicyclic) bond motifs is 1. The van der Waals surface area contributed by atoms with Crippen LogP contribution in [0.4, 0.5) is 11.4 Å². The second kappa shape index (κ2) is 5.01. The molecular weight excluding hydrogens is 242 g/mol. The zero-order chi connectivity index (χ0) is 13.2. The van der Waals surface area contributed by atoms with E-state index < -0.39 is 0 Å². The van der Waals surface area contributed by atoms with E-state index in [0.29, 0.717) is 5.69 Å². The third-order valence-corrected chi connectivity index (χ3v) is 3.48. The van der Waals surface area contributed by atoms with Crippen molar-refractivity contribution < 1.29 is 9.59 Å². The predicted octanol–water partition coefficient (Wildman–Crippen LogP) is 0.971. The van der Waals surface area contributed by atoms with Crippen LogP contribution in [0.2, 0.25) is 0 Å². The molecule has 19 heavy (non-hydrogen) atoms. The summed E-state index contributed by atoms with van der Waals surface area (Å²) in [5, 5.41) is 5.94. The molecule has 1 aromatic carbocycles. The van der Waals surface area contributed by atoms with E-state index in [2.05, 4.69) is 10.6 Å². The summed E-state index contributed by atoms with van der Waals surface area (Å²) in [4.78, 5) is 25.3. The molecule has 5 nitrogen and oxygen atoms in total. The molecule has 1 fully saturated rings. The van der Waals surface area contributed by atoms with Gasteiger partial charge in [-0.3, -0.25) is 14.5 Å². The van der Waals surface area contributed by atoms with Gasteiger partial charge in [-0.25, -0.2) is 0 Å². The van der Waals surface area contributed by atoms with Gasteiger partial charge in [0, 0.05) is 0 Å². The van der Waals surface area contributed by atoms with Crippen LogP contribution >= 0.6 is 0 Å². The molecule has 3 rings (SSSR count). The lowest BCUT2D eigenvalue weighted by atomic mass is 10.2. The zero-order valence-electron chi connectivity index (χ0n) is 10.7. The van der Waals surface area contributed by atoms with Crippen molar-refractivity contribution in [1.82, 2.24) is 5.32 Å². The minimum Gasteiger partial charge on any atom is -0.323 e. The Kier molecular flexibility index (Phi) is 3.21. The van der Waals surface area contributed by atoms with Crippen molar-refractivity contribution in [1.29, 1.82) is 0 Å². The Morgan fingerprint density at radius 1 is 1.37 bits per heavy atom. The number of nitrogens with one attached hydrogen (secondary N) is 2. The summed E-state index contributed by atoms with van der Waals surface area (Å²) in [5.74, 6) is 0.543. The quantitative estimate of drug-likeness (QED) is 0.847. The molecule has 0 bridgehead atoms. The lowest BCUT2D eigenvalue weighted by molar-refractivity contribution is -0.121. The molecule has 0 aromatic heterocycles. The van der Waals surface area contributed by atoms with Gasteiger partial charge in [0.1, 0.15) is 6.54 Å². The van der Waals surface area contributed by atoms with E-state index in [4.69, 9.17) is 0 Å². The fraction of sp³-hybridized carbons (Fsp3) is 0.429. The van der Waals surface area contributed by atoms with Gasteiger partial charge in [0.2, 0.25) is 11.8 Å². The minimum atomic E-state index is -0.144. The molecule has 0 radical (unpaired) electrons. The molecule has 2 aliphatic rings. The lowest BCUT2D eigenvalue weighted by Crippen LogP contribution is -2.45. The van der Waals surface area contributed by atoms with Gasteiger partial charge in [-0.2, -0.15) is 0 Å². The van der Waals surface area contributed by atoms with Gasteiger partial charge in [0.25, 0.3) is 0 Å². The number of hydrogen-bond acceptors (Lipinski definition) is 3. The maximum atomic E-state index is 12.2.